The monoisotopic (exact) mass is 459 g/mol. The Hall–Kier alpha value is -3.50. The van der Waals surface area contributed by atoms with Gasteiger partial charge in [-0.1, -0.05) is 0 Å². The predicted molar refractivity (Wildman–Crippen MR) is 122 cm³/mol. The van der Waals surface area contributed by atoms with E-state index in [0.717, 1.165) is 0 Å². The quantitative estimate of drug-likeness (QED) is 0.447. The number of aromatic nitrogens is 1. The summed E-state index contributed by atoms with van der Waals surface area (Å²) >= 11 is 0. The van der Waals surface area contributed by atoms with Crippen LogP contribution in [-0.2, 0) is 4.79 Å². The predicted octanol–water partition coefficient (Wildman–Crippen LogP) is 2.17. The summed E-state index contributed by atoms with van der Waals surface area (Å²) in [5.41, 5.74) is 0.191. The number of aliphatic imine (C=N–C) groups is 1. The van der Waals surface area contributed by atoms with Crippen LogP contribution in [0.4, 0.5) is 14.5 Å². The van der Waals surface area contributed by atoms with Crippen LogP contribution >= 0.6 is 0 Å². The van der Waals surface area contributed by atoms with Crippen molar-refractivity contribution in [2.45, 2.75) is 57.0 Å². The number of nitrogens with one attached hydrogen (secondary N) is 3. The highest BCUT2D eigenvalue weighted by atomic mass is 19.1. The average Bonchev–Trinajstić information content (AvgIpc) is 2.79. The summed E-state index contributed by atoms with van der Waals surface area (Å²) in [5, 5.41) is 13.9. The smallest absolute Gasteiger partial charge is 0.274 e. The molecule has 0 bridgehead atoms. The van der Waals surface area contributed by atoms with Crippen molar-refractivity contribution < 1.29 is 13.6 Å². The molecule has 1 amide bonds. The molecule has 33 heavy (non-hydrogen) atoms. The van der Waals surface area contributed by atoms with E-state index in [1.54, 1.807) is 38.4 Å². The maximum absolute atomic E-state index is 13.6. The first-order valence-corrected chi connectivity index (χ1v) is 10.8. The lowest BCUT2D eigenvalue weighted by Crippen LogP contribution is -2.48. The molecule has 0 spiro atoms. The van der Waals surface area contributed by atoms with Gasteiger partial charge >= 0.3 is 0 Å². The number of halogens is 2. The topological polar surface area (TPSA) is 103 Å². The summed E-state index contributed by atoms with van der Waals surface area (Å²) in [6.45, 7) is 5.11. The number of hydrogen-bond donors (Lipinski definition) is 3. The van der Waals surface area contributed by atoms with Crippen LogP contribution < -0.4 is 21.5 Å². The summed E-state index contributed by atoms with van der Waals surface area (Å²) in [6, 6.07) is 2.64. The van der Waals surface area contributed by atoms with Gasteiger partial charge in [0.2, 0.25) is 0 Å². The van der Waals surface area contributed by atoms with Crippen molar-refractivity contribution in [1.29, 1.82) is 0 Å². The van der Waals surface area contributed by atoms with Gasteiger partial charge in [-0.3, -0.25) is 9.59 Å². The average molecular weight is 460 g/mol. The van der Waals surface area contributed by atoms with E-state index in [0.29, 0.717) is 37.3 Å². The molecule has 3 N–H and O–H groups in total. The van der Waals surface area contributed by atoms with Crippen molar-refractivity contribution in [3.63, 3.8) is 0 Å². The number of hydrogen-bond acceptors (Lipinski definition) is 7. The molecule has 2 heterocycles. The minimum Gasteiger partial charge on any atom is -0.373 e. The molecule has 176 valence electrons. The normalized spacial score (nSPS) is 27.9. The standard InChI is InChI=1S/C22H27F2N7O2/c1-12(21(32)28-16-7-6-15(16)24)20-29-18(11-19(25-2)31(20)26-3)27-17-5-4-8-30(22(17)33)14-9-13(23)10-14/h4-5,8,11,13-16,25H,3,6-7,9-10H2,1-2H3,(H,27,29)(H,28,32)/b20-12+/t13-,14-,15-,16?/m0/s1. The second-order valence-corrected chi connectivity index (χ2v) is 8.33. The molecule has 1 aromatic rings. The van der Waals surface area contributed by atoms with Gasteiger partial charge in [0, 0.05) is 32.1 Å². The minimum atomic E-state index is -1.05. The SMILES string of the molecule is C=NN1C(NC)=CC(Nc2cccn([C@H]3C[C@H](F)C3)c2=O)=N/C1=C(/C)C(=O)NC1CC[C@@H]1F. The van der Waals surface area contributed by atoms with E-state index in [1.165, 1.54) is 9.58 Å². The molecule has 1 aliphatic heterocycles. The number of amidine groups is 1. The molecule has 2 fully saturated rings. The maximum Gasteiger partial charge on any atom is 0.274 e. The van der Waals surface area contributed by atoms with E-state index in [-0.39, 0.29) is 28.7 Å². The molecule has 2 atom stereocenters. The molecule has 9 nitrogen and oxygen atoms in total. The van der Waals surface area contributed by atoms with E-state index in [9.17, 15) is 18.4 Å². The van der Waals surface area contributed by atoms with Crippen molar-refractivity contribution >= 4 is 24.1 Å². The number of hydrazone groups is 1. The Balaban J connectivity index is 1.63. The molecule has 0 saturated heterocycles. The van der Waals surface area contributed by atoms with Crippen molar-refractivity contribution in [2.75, 3.05) is 12.4 Å². The van der Waals surface area contributed by atoms with Gasteiger partial charge in [0.05, 0.1) is 11.6 Å². The maximum atomic E-state index is 13.6. The van der Waals surface area contributed by atoms with E-state index in [2.05, 4.69) is 32.8 Å². The van der Waals surface area contributed by atoms with Crippen LogP contribution in [0.15, 0.2) is 56.5 Å². The number of pyridine rings is 1. The largest absolute Gasteiger partial charge is 0.373 e. The molecule has 0 aromatic carbocycles. The first kappa shape index (κ1) is 22.7. The Bertz CT molecular complexity index is 1100. The van der Waals surface area contributed by atoms with E-state index < -0.39 is 24.3 Å². The van der Waals surface area contributed by atoms with Crippen molar-refractivity contribution in [3.05, 3.63) is 52.0 Å². The number of carbonyl (C=O) groups is 1. The highest BCUT2D eigenvalue weighted by Crippen LogP contribution is 2.33. The zero-order valence-corrected chi connectivity index (χ0v) is 18.5. The van der Waals surface area contributed by atoms with E-state index in [1.807, 2.05) is 0 Å². The van der Waals surface area contributed by atoms with Crippen LogP contribution in [0, 0.1) is 0 Å². The highest BCUT2D eigenvalue weighted by molar-refractivity contribution is 6.06. The van der Waals surface area contributed by atoms with Gasteiger partial charge in [0.1, 0.15) is 29.7 Å². The second-order valence-electron chi connectivity index (χ2n) is 8.33. The molecule has 3 aliphatic rings. The van der Waals surface area contributed by atoms with Crippen LogP contribution in [-0.4, -0.2) is 53.5 Å². The summed E-state index contributed by atoms with van der Waals surface area (Å²) in [5.74, 6) is 0.480. The minimum absolute atomic E-state index is 0.168. The number of amides is 1. The second kappa shape index (κ2) is 9.16. The molecule has 2 aliphatic carbocycles. The van der Waals surface area contributed by atoms with E-state index >= 15 is 0 Å². The zero-order valence-electron chi connectivity index (χ0n) is 18.5. The summed E-state index contributed by atoms with van der Waals surface area (Å²) in [4.78, 5) is 30.1. The molecule has 0 radical (unpaired) electrons. The summed E-state index contributed by atoms with van der Waals surface area (Å²) in [6.07, 6.45) is 2.97. The Morgan fingerprint density at radius 3 is 2.64 bits per heavy atom. The highest BCUT2D eigenvalue weighted by Gasteiger charge is 2.34. The summed E-state index contributed by atoms with van der Waals surface area (Å²) in [7, 11) is 1.67. The zero-order chi connectivity index (χ0) is 23.7. The fraction of sp³-hybridized carbons (Fsp3) is 0.455. The first-order chi connectivity index (χ1) is 15.8. The van der Waals surface area contributed by atoms with Crippen LogP contribution in [0.5, 0.6) is 0 Å². The number of nitrogens with zero attached hydrogens (tertiary/aromatic N) is 4. The molecule has 11 heteroatoms. The Morgan fingerprint density at radius 2 is 2.06 bits per heavy atom. The molecule has 4 rings (SSSR count). The van der Waals surface area contributed by atoms with Crippen LogP contribution in [0.1, 0.15) is 38.6 Å². The molecule has 1 unspecified atom stereocenters. The van der Waals surface area contributed by atoms with Crippen LogP contribution in [0.25, 0.3) is 0 Å². The van der Waals surface area contributed by atoms with Gasteiger partial charge in [-0.05, 0) is 44.7 Å². The fourth-order valence-corrected chi connectivity index (χ4v) is 3.91. The Morgan fingerprint density at radius 1 is 1.30 bits per heavy atom. The van der Waals surface area contributed by atoms with Crippen LogP contribution in [0.2, 0.25) is 0 Å². The third-order valence-corrected chi connectivity index (χ3v) is 6.19. The first-order valence-electron chi connectivity index (χ1n) is 10.8. The summed E-state index contributed by atoms with van der Waals surface area (Å²) < 4.78 is 28.4. The number of anilines is 1. The van der Waals surface area contributed by atoms with Gasteiger partial charge < -0.3 is 20.5 Å². The Kier molecular flexibility index (Phi) is 6.30. The molecular formula is C22H27F2N7O2. The third-order valence-electron chi connectivity index (χ3n) is 6.19. The lowest BCUT2D eigenvalue weighted by molar-refractivity contribution is -0.119. The molecule has 2 saturated carbocycles. The van der Waals surface area contributed by atoms with Crippen molar-refractivity contribution in [3.8, 4) is 0 Å². The van der Waals surface area contributed by atoms with Crippen molar-refractivity contribution in [1.82, 2.24) is 20.2 Å². The van der Waals surface area contributed by atoms with Gasteiger partial charge in [0.25, 0.3) is 11.5 Å². The number of carbonyl (C=O) groups excluding carboxylic acids is 1. The molecular weight excluding hydrogens is 432 g/mol. The molecule has 1 aromatic heterocycles. The third kappa shape index (κ3) is 4.39. The van der Waals surface area contributed by atoms with Gasteiger partial charge in [-0.2, -0.15) is 10.1 Å². The van der Waals surface area contributed by atoms with Gasteiger partial charge in [-0.25, -0.2) is 13.8 Å². The number of alkyl halides is 2. The Labute approximate surface area is 189 Å². The lowest BCUT2D eigenvalue weighted by Gasteiger charge is -2.32. The van der Waals surface area contributed by atoms with Gasteiger partial charge in [0.15, 0.2) is 5.82 Å². The lowest BCUT2D eigenvalue weighted by atomic mass is 9.90. The fourth-order valence-electron chi connectivity index (χ4n) is 3.91. The van der Waals surface area contributed by atoms with Crippen molar-refractivity contribution in [2.24, 2.45) is 10.1 Å². The van der Waals surface area contributed by atoms with Crippen LogP contribution in [0.3, 0.4) is 0 Å². The van der Waals surface area contributed by atoms with Gasteiger partial charge in [-0.15, -0.1) is 0 Å². The van der Waals surface area contributed by atoms with E-state index in [4.69, 9.17) is 0 Å². The number of rotatable bonds is 6.